The van der Waals surface area contributed by atoms with Gasteiger partial charge in [0.15, 0.2) is 0 Å². The summed E-state index contributed by atoms with van der Waals surface area (Å²) >= 11 is 0. The molecule has 2 fully saturated rings. The van der Waals surface area contributed by atoms with Gasteiger partial charge in [-0.15, -0.1) is 0 Å². The van der Waals surface area contributed by atoms with Gasteiger partial charge in [0.1, 0.15) is 0 Å². The van der Waals surface area contributed by atoms with Crippen LogP contribution in [-0.2, 0) is 0 Å². The Balaban J connectivity index is 1.85. The lowest BCUT2D eigenvalue weighted by atomic mass is 9.94. The molecule has 2 aliphatic carbocycles. The van der Waals surface area contributed by atoms with Gasteiger partial charge in [0, 0.05) is 19.1 Å². The Kier molecular flexibility index (Phi) is 2.37. The third kappa shape index (κ3) is 1.50. The summed E-state index contributed by atoms with van der Waals surface area (Å²) in [5, 5.41) is 0. The van der Waals surface area contributed by atoms with Gasteiger partial charge in [-0.3, -0.25) is 0 Å². The molecule has 3 atom stereocenters. The van der Waals surface area contributed by atoms with Gasteiger partial charge in [-0.05, 0) is 31.7 Å². The van der Waals surface area contributed by atoms with Gasteiger partial charge in [-0.1, -0.05) is 12.8 Å². The van der Waals surface area contributed by atoms with Crippen molar-refractivity contribution in [3.63, 3.8) is 0 Å². The minimum absolute atomic E-state index is 0.810. The van der Waals surface area contributed by atoms with Crippen LogP contribution in [0.15, 0.2) is 0 Å². The first-order chi connectivity index (χ1) is 5.83. The Morgan fingerprint density at radius 1 is 1.42 bits per heavy atom. The lowest BCUT2D eigenvalue weighted by molar-refractivity contribution is 0.183. The van der Waals surface area contributed by atoms with E-state index in [0.717, 1.165) is 31.0 Å². The summed E-state index contributed by atoms with van der Waals surface area (Å²) < 4.78 is 0. The van der Waals surface area contributed by atoms with Crippen LogP contribution < -0.4 is 5.73 Å². The molecule has 3 unspecified atom stereocenters. The fraction of sp³-hybridized carbons (Fsp3) is 1.00. The van der Waals surface area contributed by atoms with Crippen LogP contribution >= 0.6 is 0 Å². The zero-order chi connectivity index (χ0) is 8.55. The number of rotatable bonds is 3. The first-order valence-corrected chi connectivity index (χ1v) is 5.23. The van der Waals surface area contributed by atoms with Crippen LogP contribution in [0, 0.1) is 11.8 Å². The molecule has 0 bridgehead atoms. The number of nitrogens with two attached hydrogens (primary N) is 1. The van der Waals surface area contributed by atoms with Gasteiger partial charge in [0.05, 0.1) is 0 Å². The van der Waals surface area contributed by atoms with E-state index in [0.29, 0.717) is 0 Å². The van der Waals surface area contributed by atoms with E-state index in [4.69, 9.17) is 5.73 Å². The minimum atomic E-state index is 0.810. The fourth-order valence-corrected chi connectivity index (χ4v) is 2.79. The van der Waals surface area contributed by atoms with Crippen LogP contribution in [0.5, 0.6) is 0 Å². The van der Waals surface area contributed by atoms with Crippen molar-refractivity contribution in [2.45, 2.75) is 31.7 Å². The summed E-state index contributed by atoms with van der Waals surface area (Å²) in [6, 6.07) is 0.868. The number of hydrogen-bond donors (Lipinski definition) is 1. The molecule has 2 N–H and O–H groups in total. The third-order valence-electron chi connectivity index (χ3n) is 3.59. The molecule has 0 aromatic rings. The van der Waals surface area contributed by atoms with Gasteiger partial charge in [-0.25, -0.2) is 0 Å². The average molecular weight is 168 g/mol. The van der Waals surface area contributed by atoms with Gasteiger partial charge < -0.3 is 10.6 Å². The Morgan fingerprint density at radius 3 is 3.00 bits per heavy atom. The van der Waals surface area contributed by atoms with Crippen molar-refractivity contribution in [2.24, 2.45) is 17.6 Å². The van der Waals surface area contributed by atoms with Crippen LogP contribution in [0.1, 0.15) is 25.7 Å². The smallest absolute Gasteiger partial charge is 0.0124 e. The molecule has 0 aliphatic heterocycles. The predicted octanol–water partition coefficient (Wildman–Crippen LogP) is 1.07. The lowest BCUT2D eigenvalue weighted by Gasteiger charge is -2.30. The number of likely N-dealkylation sites (N-methyl/N-ethyl adjacent to an activating group) is 1. The summed E-state index contributed by atoms with van der Waals surface area (Å²) in [6.07, 6.45) is 5.86. The highest BCUT2D eigenvalue weighted by molar-refractivity contribution is 4.98. The van der Waals surface area contributed by atoms with E-state index in [-0.39, 0.29) is 0 Å². The number of hydrogen-bond acceptors (Lipinski definition) is 2. The Bertz CT molecular complexity index is 158. The number of fused-ring (bicyclic) bond motifs is 1. The monoisotopic (exact) mass is 168 g/mol. The zero-order valence-electron chi connectivity index (χ0n) is 8.00. The maximum absolute atomic E-state index is 5.55. The summed E-state index contributed by atoms with van der Waals surface area (Å²) in [4.78, 5) is 2.48. The molecule has 0 aromatic carbocycles. The highest BCUT2D eigenvalue weighted by atomic mass is 15.1. The van der Waals surface area contributed by atoms with Crippen LogP contribution in [0.25, 0.3) is 0 Å². The van der Waals surface area contributed by atoms with E-state index in [1.165, 1.54) is 25.7 Å². The predicted molar refractivity (Wildman–Crippen MR) is 50.9 cm³/mol. The largest absolute Gasteiger partial charge is 0.329 e. The molecule has 2 heteroatoms. The topological polar surface area (TPSA) is 29.3 Å². The molecule has 0 aromatic heterocycles. The molecule has 0 radical (unpaired) electrons. The van der Waals surface area contributed by atoms with Crippen LogP contribution in [0.2, 0.25) is 0 Å². The summed E-state index contributed by atoms with van der Waals surface area (Å²) in [5.41, 5.74) is 5.55. The van der Waals surface area contributed by atoms with Crippen molar-refractivity contribution in [3.8, 4) is 0 Å². The highest BCUT2D eigenvalue weighted by Crippen LogP contribution is 2.50. The van der Waals surface area contributed by atoms with E-state index in [1.54, 1.807) is 0 Å². The van der Waals surface area contributed by atoms with E-state index >= 15 is 0 Å². The molecule has 2 aliphatic rings. The van der Waals surface area contributed by atoms with Gasteiger partial charge in [0.2, 0.25) is 0 Å². The zero-order valence-corrected chi connectivity index (χ0v) is 8.00. The van der Waals surface area contributed by atoms with Gasteiger partial charge >= 0.3 is 0 Å². The molecule has 0 saturated heterocycles. The molecule has 70 valence electrons. The standard InChI is InChI=1S/C10H20N2/c1-12(6-5-11)10-4-2-3-8-7-9(8)10/h8-10H,2-7,11H2,1H3. The van der Waals surface area contributed by atoms with E-state index < -0.39 is 0 Å². The van der Waals surface area contributed by atoms with Crippen molar-refractivity contribution >= 4 is 0 Å². The maximum atomic E-state index is 5.55. The molecule has 0 amide bonds. The van der Waals surface area contributed by atoms with Crippen LogP contribution in [-0.4, -0.2) is 31.1 Å². The first kappa shape index (κ1) is 8.52. The fourth-order valence-electron chi connectivity index (χ4n) is 2.79. The Hall–Kier alpha value is -0.0800. The quantitative estimate of drug-likeness (QED) is 0.683. The maximum Gasteiger partial charge on any atom is 0.0124 e. The molecule has 0 heterocycles. The Labute approximate surface area is 75.1 Å². The molecular weight excluding hydrogens is 148 g/mol. The molecule has 2 saturated carbocycles. The lowest BCUT2D eigenvalue weighted by Crippen LogP contribution is -2.38. The second-order valence-corrected chi connectivity index (χ2v) is 4.43. The van der Waals surface area contributed by atoms with Crippen LogP contribution in [0.4, 0.5) is 0 Å². The minimum Gasteiger partial charge on any atom is -0.329 e. The second-order valence-electron chi connectivity index (χ2n) is 4.43. The van der Waals surface area contributed by atoms with Crippen molar-refractivity contribution in [1.82, 2.24) is 4.90 Å². The third-order valence-corrected chi connectivity index (χ3v) is 3.59. The molecular formula is C10H20N2. The summed E-state index contributed by atoms with van der Waals surface area (Å²) in [5.74, 6) is 2.12. The van der Waals surface area contributed by atoms with Crippen molar-refractivity contribution in [3.05, 3.63) is 0 Å². The molecule has 12 heavy (non-hydrogen) atoms. The number of nitrogens with zero attached hydrogens (tertiary/aromatic N) is 1. The van der Waals surface area contributed by atoms with Crippen molar-refractivity contribution in [2.75, 3.05) is 20.1 Å². The molecule has 2 rings (SSSR count). The van der Waals surface area contributed by atoms with E-state index in [9.17, 15) is 0 Å². The summed E-state index contributed by atoms with van der Waals surface area (Å²) in [7, 11) is 2.23. The normalized spacial score (nSPS) is 39.8. The summed E-state index contributed by atoms with van der Waals surface area (Å²) in [6.45, 7) is 1.89. The average Bonchev–Trinajstić information content (AvgIpc) is 2.81. The van der Waals surface area contributed by atoms with Crippen LogP contribution in [0.3, 0.4) is 0 Å². The van der Waals surface area contributed by atoms with E-state index in [2.05, 4.69) is 11.9 Å². The highest BCUT2D eigenvalue weighted by Gasteiger charge is 2.46. The van der Waals surface area contributed by atoms with Crippen molar-refractivity contribution < 1.29 is 0 Å². The molecule has 2 nitrogen and oxygen atoms in total. The second kappa shape index (κ2) is 3.35. The van der Waals surface area contributed by atoms with Gasteiger partial charge in [-0.2, -0.15) is 0 Å². The Morgan fingerprint density at radius 2 is 2.25 bits per heavy atom. The molecule has 0 spiro atoms. The van der Waals surface area contributed by atoms with Gasteiger partial charge in [0.25, 0.3) is 0 Å². The van der Waals surface area contributed by atoms with E-state index in [1.807, 2.05) is 0 Å². The first-order valence-electron chi connectivity index (χ1n) is 5.23. The van der Waals surface area contributed by atoms with Crippen molar-refractivity contribution in [1.29, 1.82) is 0 Å². The SMILES string of the molecule is CN(CCN)C1CCCC2CC21.